The molecule has 4 heteroatoms. The Labute approximate surface area is 156 Å². The van der Waals surface area contributed by atoms with Crippen LogP contribution in [0, 0.1) is 0 Å². The molecule has 1 aliphatic rings. The maximum atomic E-state index is 11.1. The highest BCUT2D eigenvalue weighted by atomic mass is 16.4. The smallest absolute Gasteiger partial charge is 0.338 e. The molecular weight excluding hydrogens is 336 g/mol. The second-order valence-electron chi connectivity index (χ2n) is 7.10. The summed E-state index contributed by atoms with van der Waals surface area (Å²) in [5.74, 6) is -0.189. The summed E-state index contributed by atoms with van der Waals surface area (Å²) in [5.41, 5.74) is 2.77. The Kier molecular flexibility index (Phi) is 3.64. The molecule has 4 aromatic rings. The second-order valence-corrected chi connectivity index (χ2v) is 7.10. The first-order valence-electron chi connectivity index (χ1n) is 9.21. The number of hydrogen-bond donors (Lipinski definition) is 1. The topological polar surface area (TPSA) is 63.1 Å². The molecule has 5 rings (SSSR count). The number of aryl methyl sites for hydroxylation is 1. The van der Waals surface area contributed by atoms with Gasteiger partial charge in [0.15, 0.2) is 0 Å². The molecule has 0 saturated heterocycles. The summed E-state index contributed by atoms with van der Waals surface area (Å²) in [5, 5.41) is 14.1. The first kappa shape index (κ1) is 15.9. The molecule has 0 spiro atoms. The lowest BCUT2D eigenvalue weighted by Gasteiger charge is -2.26. The number of benzene rings is 3. The third-order valence-electron chi connectivity index (χ3n) is 5.58. The molecule has 0 fully saturated rings. The maximum Gasteiger partial charge on any atom is 0.338 e. The molecule has 1 N–H and O–H groups in total. The van der Waals surface area contributed by atoms with Crippen LogP contribution in [-0.4, -0.2) is 21.0 Å². The van der Waals surface area contributed by atoms with Crippen molar-refractivity contribution < 1.29 is 9.90 Å². The number of aromatic nitrogens is 2. The summed E-state index contributed by atoms with van der Waals surface area (Å²) in [6.45, 7) is 0. The van der Waals surface area contributed by atoms with Crippen molar-refractivity contribution in [3.8, 4) is 0 Å². The van der Waals surface area contributed by atoms with Crippen LogP contribution in [0.15, 0.2) is 60.9 Å². The molecule has 1 aromatic heterocycles. The molecule has 0 aliphatic heterocycles. The number of carboxylic acid groups (broad SMARTS) is 1. The highest BCUT2D eigenvalue weighted by Gasteiger charge is 2.26. The molecule has 1 unspecified atom stereocenters. The average molecular weight is 354 g/mol. The van der Waals surface area contributed by atoms with Crippen LogP contribution in [0.25, 0.3) is 21.5 Å². The van der Waals surface area contributed by atoms with Gasteiger partial charge in [0.2, 0.25) is 0 Å². The Morgan fingerprint density at radius 3 is 2.52 bits per heavy atom. The van der Waals surface area contributed by atoms with E-state index in [0.29, 0.717) is 5.82 Å². The van der Waals surface area contributed by atoms with Crippen LogP contribution in [-0.2, 0) is 6.42 Å². The van der Waals surface area contributed by atoms with E-state index in [-0.39, 0.29) is 11.5 Å². The molecular formula is C23H18N2O2. The first-order chi connectivity index (χ1) is 13.2. The van der Waals surface area contributed by atoms with Crippen LogP contribution in [0.5, 0.6) is 0 Å². The third kappa shape index (κ3) is 2.56. The Bertz CT molecular complexity index is 1180. The number of fused-ring (bicyclic) bond motifs is 5. The molecule has 0 radical (unpaired) electrons. The van der Waals surface area contributed by atoms with Gasteiger partial charge in [-0.1, -0.05) is 48.5 Å². The third-order valence-corrected chi connectivity index (χ3v) is 5.58. The van der Waals surface area contributed by atoms with Crippen molar-refractivity contribution in [2.75, 3.05) is 0 Å². The van der Waals surface area contributed by atoms with E-state index >= 15 is 0 Å². The number of hydrogen-bond acceptors (Lipinski definition) is 3. The normalized spacial score (nSPS) is 16.4. The fourth-order valence-electron chi connectivity index (χ4n) is 4.31. The van der Waals surface area contributed by atoms with E-state index in [0.717, 1.165) is 19.3 Å². The van der Waals surface area contributed by atoms with Crippen LogP contribution >= 0.6 is 0 Å². The largest absolute Gasteiger partial charge is 0.478 e. The first-order valence-corrected chi connectivity index (χ1v) is 9.21. The molecule has 1 aliphatic carbocycles. The predicted octanol–water partition coefficient (Wildman–Crippen LogP) is 4.95. The van der Waals surface area contributed by atoms with Gasteiger partial charge in [-0.2, -0.15) is 0 Å². The maximum absolute atomic E-state index is 11.1. The van der Waals surface area contributed by atoms with Crippen LogP contribution in [0.2, 0.25) is 0 Å². The summed E-state index contributed by atoms with van der Waals surface area (Å²) < 4.78 is 0. The number of carbonyl (C=O) groups is 1. The van der Waals surface area contributed by atoms with Gasteiger partial charge in [0, 0.05) is 18.3 Å². The zero-order valence-corrected chi connectivity index (χ0v) is 14.7. The molecule has 27 heavy (non-hydrogen) atoms. The van der Waals surface area contributed by atoms with Crippen molar-refractivity contribution in [2.24, 2.45) is 0 Å². The Morgan fingerprint density at radius 2 is 1.70 bits per heavy atom. The fourth-order valence-corrected chi connectivity index (χ4v) is 4.31. The minimum Gasteiger partial charge on any atom is -0.478 e. The monoisotopic (exact) mass is 354 g/mol. The van der Waals surface area contributed by atoms with Gasteiger partial charge in [0.05, 0.1) is 5.56 Å². The van der Waals surface area contributed by atoms with Gasteiger partial charge in [-0.25, -0.2) is 14.8 Å². The molecule has 0 saturated carbocycles. The van der Waals surface area contributed by atoms with E-state index in [9.17, 15) is 4.79 Å². The van der Waals surface area contributed by atoms with E-state index in [2.05, 4.69) is 58.5 Å². The van der Waals surface area contributed by atoms with Gasteiger partial charge >= 0.3 is 5.97 Å². The van der Waals surface area contributed by atoms with Gasteiger partial charge in [-0.15, -0.1) is 0 Å². The van der Waals surface area contributed by atoms with E-state index in [4.69, 9.17) is 5.11 Å². The molecule has 1 heterocycles. The van der Waals surface area contributed by atoms with Crippen LogP contribution in [0.1, 0.15) is 46.1 Å². The van der Waals surface area contributed by atoms with Crippen LogP contribution < -0.4 is 0 Å². The molecule has 132 valence electrons. The minimum atomic E-state index is -0.998. The number of aromatic carboxylic acids is 1. The molecule has 0 amide bonds. The summed E-state index contributed by atoms with van der Waals surface area (Å²) in [4.78, 5) is 19.9. The molecule has 0 bridgehead atoms. The van der Waals surface area contributed by atoms with Gasteiger partial charge in [0.25, 0.3) is 0 Å². The Balaban J connectivity index is 1.73. The lowest BCUT2D eigenvalue weighted by atomic mass is 9.79. The van der Waals surface area contributed by atoms with Gasteiger partial charge in [0.1, 0.15) is 5.82 Å². The standard InChI is InChI=1S/C23H18N2O2/c26-23(27)16-12-24-22(25-13-16)20-7-3-5-15-9-10-18-17-6-2-1-4-14(17)8-11-19(18)21(15)20/h1-2,4,6,8-13,20H,3,5,7H2,(H,26,27). The van der Waals surface area contributed by atoms with Crippen molar-refractivity contribution in [3.05, 3.63) is 83.4 Å². The lowest BCUT2D eigenvalue weighted by molar-refractivity contribution is 0.0696. The Morgan fingerprint density at radius 1 is 0.926 bits per heavy atom. The van der Waals surface area contributed by atoms with Crippen molar-refractivity contribution in [3.63, 3.8) is 0 Å². The number of carboxylic acids is 1. The second kappa shape index (κ2) is 6.16. The molecule has 3 aromatic carbocycles. The average Bonchev–Trinajstić information content (AvgIpc) is 2.73. The van der Waals surface area contributed by atoms with Crippen molar-refractivity contribution in [2.45, 2.75) is 25.2 Å². The van der Waals surface area contributed by atoms with Crippen molar-refractivity contribution in [1.29, 1.82) is 0 Å². The molecule has 4 nitrogen and oxygen atoms in total. The van der Waals surface area contributed by atoms with Crippen molar-refractivity contribution in [1.82, 2.24) is 9.97 Å². The van der Waals surface area contributed by atoms with E-state index in [1.165, 1.54) is 45.1 Å². The Hall–Kier alpha value is -3.27. The summed E-state index contributed by atoms with van der Waals surface area (Å²) >= 11 is 0. The van der Waals surface area contributed by atoms with Gasteiger partial charge < -0.3 is 5.11 Å². The molecule has 1 atom stereocenters. The zero-order valence-electron chi connectivity index (χ0n) is 14.7. The SMILES string of the molecule is O=C(O)c1cnc(C2CCCc3ccc4c(ccc5ccccc54)c32)nc1. The highest BCUT2D eigenvalue weighted by molar-refractivity contribution is 6.09. The zero-order chi connectivity index (χ0) is 18.4. The van der Waals surface area contributed by atoms with E-state index in [1.807, 2.05) is 0 Å². The summed E-state index contributed by atoms with van der Waals surface area (Å²) in [6.07, 6.45) is 5.95. The summed E-state index contributed by atoms with van der Waals surface area (Å²) in [7, 11) is 0. The minimum absolute atomic E-state index is 0.0986. The van der Waals surface area contributed by atoms with E-state index < -0.39 is 5.97 Å². The summed E-state index contributed by atoms with van der Waals surface area (Å²) in [6, 6.07) is 17.3. The van der Waals surface area contributed by atoms with Gasteiger partial charge in [-0.3, -0.25) is 0 Å². The quantitative estimate of drug-likeness (QED) is 0.517. The predicted molar refractivity (Wildman–Crippen MR) is 105 cm³/mol. The number of nitrogens with zero attached hydrogens (tertiary/aromatic N) is 2. The fraction of sp³-hybridized carbons (Fsp3) is 0.174. The van der Waals surface area contributed by atoms with E-state index in [1.54, 1.807) is 0 Å². The van der Waals surface area contributed by atoms with Gasteiger partial charge in [-0.05, 0) is 51.9 Å². The van der Waals surface area contributed by atoms with Crippen molar-refractivity contribution >= 4 is 27.5 Å². The number of rotatable bonds is 2. The van der Waals surface area contributed by atoms with Crippen LogP contribution in [0.4, 0.5) is 0 Å². The van der Waals surface area contributed by atoms with Crippen LogP contribution in [0.3, 0.4) is 0 Å². The lowest BCUT2D eigenvalue weighted by Crippen LogP contribution is -2.15. The highest BCUT2D eigenvalue weighted by Crippen LogP contribution is 2.41.